The molecule has 1 aromatic rings. The van der Waals surface area contributed by atoms with Crippen molar-refractivity contribution >= 4 is 12.4 Å². The van der Waals surface area contributed by atoms with Crippen molar-refractivity contribution in [3.05, 3.63) is 11.9 Å². The van der Waals surface area contributed by atoms with E-state index in [9.17, 15) is 10.2 Å². The third kappa shape index (κ3) is 14.3. The molecule has 4 N–H and O–H groups in total. The fourth-order valence-electron chi connectivity index (χ4n) is 3.62. The molecule has 0 aliphatic carbocycles. The molecule has 1 heterocycles. The monoisotopic (exact) mass is 446 g/mol. The van der Waals surface area contributed by atoms with E-state index in [1.807, 2.05) is 10.9 Å². The minimum Gasteiger partial charge on any atom is -0.394 e. The summed E-state index contributed by atoms with van der Waals surface area (Å²) in [6, 6.07) is 0. The largest absolute Gasteiger partial charge is 0.394 e. The Balaban J connectivity index is 0.00000841. The zero-order chi connectivity index (χ0) is 21.2. The van der Waals surface area contributed by atoms with E-state index in [-0.39, 0.29) is 25.6 Å². The van der Waals surface area contributed by atoms with Gasteiger partial charge in [0.2, 0.25) is 0 Å². The average Bonchev–Trinajstić information content (AvgIpc) is 3.20. The molecule has 0 atom stereocenters. The molecule has 6 nitrogen and oxygen atoms in total. The van der Waals surface area contributed by atoms with Crippen LogP contribution in [0.1, 0.15) is 109 Å². The van der Waals surface area contributed by atoms with Gasteiger partial charge in [-0.25, -0.2) is 0 Å². The molecule has 0 amide bonds. The van der Waals surface area contributed by atoms with Gasteiger partial charge in [-0.15, -0.1) is 17.5 Å². The van der Waals surface area contributed by atoms with E-state index in [1.165, 1.54) is 83.5 Å². The second-order valence-electron chi connectivity index (χ2n) is 8.75. The number of nitrogens with two attached hydrogens (primary N) is 1. The molecule has 0 bridgehead atoms. The molecule has 0 saturated carbocycles. The van der Waals surface area contributed by atoms with Gasteiger partial charge in [-0.1, -0.05) is 95.6 Å². The molecular weight excluding hydrogens is 400 g/mol. The second-order valence-corrected chi connectivity index (χ2v) is 8.75. The molecule has 7 heteroatoms. The third-order valence-corrected chi connectivity index (χ3v) is 5.84. The van der Waals surface area contributed by atoms with Crippen molar-refractivity contribution in [2.75, 3.05) is 13.2 Å². The van der Waals surface area contributed by atoms with E-state index in [1.54, 1.807) is 0 Å². The van der Waals surface area contributed by atoms with Crippen LogP contribution < -0.4 is 5.73 Å². The zero-order valence-corrected chi connectivity index (χ0v) is 20.1. The van der Waals surface area contributed by atoms with Crippen LogP contribution in [0.15, 0.2) is 6.20 Å². The minimum absolute atomic E-state index is 0. The number of rotatable bonds is 20. The lowest BCUT2D eigenvalue weighted by Gasteiger charge is -2.23. The summed E-state index contributed by atoms with van der Waals surface area (Å²) in [4.78, 5) is 0. The van der Waals surface area contributed by atoms with Gasteiger partial charge in [0.25, 0.3) is 0 Å². The van der Waals surface area contributed by atoms with Crippen LogP contribution >= 0.6 is 12.4 Å². The van der Waals surface area contributed by atoms with Crippen LogP contribution in [0.25, 0.3) is 0 Å². The van der Waals surface area contributed by atoms with Gasteiger partial charge in [-0.3, -0.25) is 4.68 Å². The first-order valence-corrected chi connectivity index (χ1v) is 12.0. The van der Waals surface area contributed by atoms with Crippen molar-refractivity contribution in [3.8, 4) is 0 Å². The van der Waals surface area contributed by atoms with Crippen molar-refractivity contribution in [1.82, 2.24) is 15.0 Å². The predicted molar refractivity (Wildman–Crippen MR) is 127 cm³/mol. The first-order chi connectivity index (χ1) is 14.1. The van der Waals surface area contributed by atoms with Crippen LogP contribution in [-0.2, 0) is 13.0 Å². The maximum Gasteiger partial charge on any atom is 0.0827 e. The van der Waals surface area contributed by atoms with E-state index in [0.717, 1.165) is 18.7 Å². The van der Waals surface area contributed by atoms with E-state index >= 15 is 0 Å². The van der Waals surface area contributed by atoms with Crippen molar-refractivity contribution in [2.24, 2.45) is 5.73 Å². The summed E-state index contributed by atoms with van der Waals surface area (Å²) >= 11 is 0. The molecular formula is C23H47ClN4O2. The molecule has 0 spiro atoms. The maximum absolute atomic E-state index is 9.24. The van der Waals surface area contributed by atoms with Gasteiger partial charge in [0, 0.05) is 12.7 Å². The maximum atomic E-state index is 9.24. The number of nitrogens with zero attached hydrogens (tertiary/aromatic N) is 3. The number of hydrogen-bond donors (Lipinski definition) is 3. The first kappa shape index (κ1) is 29.3. The molecule has 1 aromatic heterocycles. The lowest BCUT2D eigenvalue weighted by molar-refractivity contribution is 0.114. The standard InChI is InChI=1S/C23H46N4O2.ClH/c1-2-3-4-5-6-7-8-9-10-11-12-13-14-15-18-27-19-22(25-26-27)16-17-23(24,20-28)21-29;/h19,28-29H,2-18,20-21,24H2,1H3;1H. The summed E-state index contributed by atoms with van der Waals surface area (Å²) < 4.78 is 1.89. The number of aliphatic hydroxyl groups excluding tert-OH is 2. The summed E-state index contributed by atoms with van der Waals surface area (Å²) in [6.45, 7) is 2.73. The zero-order valence-electron chi connectivity index (χ0n) is 19.2. The molecule has 0 radical (unpaired) electrons. The quantitative estimate of drug-likeness (QED) is 0.250. The highest BCUT2D eigenvalue weighted by Crippen LogP contribution is 2.13. The van der Waals surface area contributed by atoms with Crippen molar-refractivity contribution < 1.29 is 10.2 Å². The highest BCUT2D eigenvalue weighted by Gasteiger charge is 2.23. The van der Waals surface area contributed by atoms with Crippen molar-refractivity contribution in [2.45, 2.75) is 122 Å². The Kier molecular flexibility index (Phi) is 18.6. The van der Waals surface area contributed by atoms with E-state index in [4.69, 9.17) is 5.73 Å². The summed E-state index contributed by atoms with van der Waals surface area (Å²) in [5.74, 6) is 0. The van der Waals surface area contributed by atoms with Crippen LogP contribution in [-0.4, -0.2) is 44.0 Å². The van der Waals surface area contributed by atoms with E-state index < -0.39 is 5.54 Å². The molecule has 30 heavy (non-hydrogen) atoms. The molecule has 1 rings (SSSR count). The average molecular weight is 447 g/mol. The summed E-state index contributed by atoms with van der Waals surface area (Å²) in [6.07, 6.45) is 22.2. The molecule has 178 valence electrons. The third-order valence-electron chi connectivity index (χ3n) is 5.84. The Labute approximate surface area is 190 Å². The van der Waals surface area contributed by atoms with Gasteiger partial charge in [0.15, 0.2) is 0 Å². The molecule has 0 aliphatic rings. The Bertz CT molecular complexity index is 495. The smallest absolute Gasteiger partial charge is 0.0827 e. The fourth-order valence-corrected chi connectivity index (χ4v) is 3.62. The summed E-state index contributed by atoms with van der Waals surface area (Å²) in [5, 5.41) is 26.8. The summed E-state index contributed by atoms with van der Waals surface area (Å²) in [7, 11) is 0. The van der Waals surface area contributed by atoms with Crippen LogP contribution in [0.4, 0.5) is 0 Å². The number of hydrogen-bond acceptors (Lipinski definition) is 5. The molecule has 0 unspecified atom stereocenters. The number of unbranched alkanes of at least 4 members (excludes halogenated alkanes) is 13. The Morgan fingerprint density at radius 3 is 1.77 bits per heavy atom. The van der Waals surface area contributed by atoms with Gasteiger partial charge < -0.3 is 15.9 Å². The van der Waals surface area contributed by atoms with E-state index in [2.05, 4.69) is 17.2 Å². The lowest BCUT2D eigenvalue weighted by atomic mass is 9.96. The Morgan fingerprint density at radius 1 is 0.833 bits per heavy atom. The van der Waals surface area contributed by atoms with Crippen LogP contribution in [0.3, 0.4) is 0 Å². The van der Waals surface area contributed by atoms with Gasteiger partial charge in [0.1, 0.15) is 0 Å². The Hall–Kier alpha value is -0.690. The second kappa shape index (κ2) is 19.0. The normalized spacial score (nSPS) is 11.6. The molecule has 0 aliphatic heterocycles. The van der Waals surface area contributed by atoms with Gasteiger partial charge >= 0.3 is 0 Å². The van der Waals surface area contributed by atoms with Crippen molar-refractivity contribution in [3.63, 3.8) is 0 Å². The highest BCUT2D eigenvalue weighted by atomic mass is 35.5. The van der Waals surface area contributed by atoms with Gasteiger partial charge in [0.05, 0.1) is 24.4 Å². The first-order valence-electron chi connectivity index (χ1n) is 12.0. The summed E-state index contributed by atoms with van der Waals surface area (Å²) in [5.41, 5.74) is 5.83. The molecule has 0 saturated heterocycles. The van der Waals surface area contributed by atoms with Gasteiger partial charge in [-0.2, -0.15) is 0 Å². The number of halogens is 1. The lowest BCUT2D eigenvalue weighted by Crippen LogP contribution is -2.47. The number of aryl methyl sites for hydroxylation is 2. The van der Waals surface area contributed by atoms with E-state index in [0.29, 0.717) is 12.8 Å². The topological polar surface area (TPSA) is 97.2 Å². The number of aromatic nitrogens is 3. The Morgan fingerprint density at radius 2 is 1.30 bits per heavy atom. The van der Waals surface area contributed by atoms with Gasteiger partial charge in [-0.05, 0) is 19.3 Å². The van der Waals surface area contributed by atoms with Crippen LogP contribution in [0.2, 0.25) is 0 Å². The molecule has 0 fully saturated rings. The SMILES string of the molecule is CCCCCCCCCCCCCCCCn1cc(CCC(N)(CO)CO)nn1.Cl. The minimum atomic E-state index is -0.932. The predicted octanol–water partition coefficient (Wildman–Crippen LogP) is 4.80. The van der Waals surface area contributed by atoms with Crippen molar-refractivity contribution in [1.29, 1.82) is 0 Å². The highest BCUT2D eigenvalue weighted by molar-refractivity contribution is 5.85. The fraction of sp³-hybridized carbons (Fsp3) is 0.913. The number of aliphatic hydroxyl groups is 2. The molecule has 0 aromatic carbocycles. The van der Waals surface area contributed by atoms with Crippen LogP contribution in [0, 0.1) is 0 Å². The van der Waals surface area contributed by atoms with Crippen LogP contribution in [0.5, 0.6) is 0 Å².